The van der Waals surface area contributed by atoms with Crippen LogP contribution in [0.15, 0.2) is 24.3 Å². The molecule has 1 rings (SSSR count). The van der Waals surface area contributed by atoms with Crippen molar-refractivity contribution in [2.24, 2.45) is 5.92 Å². The van der Waals surface area contributed by atoms with Gasteiger partial charge in [0, 0.05) is 0 Å². The Labute approximate surface area is 108 Å². The molecule has 1 aromatic rings. The van der Waals surface area contributed by atoms with Crippen molar-refractivity contribution in [3.63, 3.8) is 0 Å². The number of carbonyl (C=O) groups is 1. The topological polar surface area (TPSA) is 57.5 Å². The van der Waals surface area contributed by atoms with E-state index in [4.69, 9.17) is 0 Å². The fraction of sp³-hybridized carbons (Fsp3) is 0.533. The largest absolute Gasteiger partial charge is 0.481 e. The molecular weight excluding hydrogens is 228 g/mol. The highest BCUT2D eigenvalue weighted by molar-refractivity contribution is 5.71. The first-order valence-corrected chi connectivity index (χ1v) is 6.59. The summed E-state index contributed by atoms with van der Waals surface area (Å²) in [4.78, 5) is 11.2. The van der Waals surface area contributed by atoms with Crippen LogP contribution >= 0.6 is 0 Å². The molecule has 0 fully saturated rings. The molecule has 0 heterocycles. The van der Waals surface area contributed by atoms with Crippen molar-refractivity contribution in [3.8, 4) is 0 Å². The number of carboxylic acids is 1. The Bertz CT molecular complexity index is 370. The first-order valence-electron chi connectivity index (χ1n) is 6.59. The zero-order chi connectivity index (χ0) is 13.5. The van der Waals surface area contributed by atoms with E-state index in [0.717, 1.165) is 19.3 Å². The molecule has 0 saturated carbocycles. The van der Waals surface area contributed by atoms with Gasteiger partial charge in [-0.05, 0) is 24.0 Å². The van der Waals surface area contributed by atoms with Crippen LogP contribution in [0.3, 0.4) is 0 Å². The Morgan fingerprint density at radius 3 is 2.28 bits per heavy atom. The lowest BCUT2D eigenvalue weighted by molar-refractivity contribution is -0.146. The number of aliphatic hydroxyl groups excluding tert-OH is 1. The molecule has 3 heteroatoms. The molecule has 1 aromatic carbocycles. The summed E-state index contributed by atoms with van der Waals surface area (Å²) < 4.78 is 0. The highest BCUT2D eigenvalue weighted by Crippen LogP contribution is 2.27. The van der Waals surface area contributed by atoms with E-state index in [9.17, 15) is 15.0 Å². The van der Waals surface area contributed by atoms with Gasteiger partial charge < -0.3 is 10.2 Å². The lowest BCUT2D eigenvalue weighted by Gasteiger charge is -2.19. The summed E-state index contributed by atoms with van der Waals surface area (Å²) in [5.41, 5.74) is 1.88. The number of carboxylic acid groups (broad SMARTS) is 1. The number of benzene rings is 1. The monoisotopic (exact) mass is 250 g/mol. The third-order valence-corrected chi connectivity index (χ3v) is 3.30. The first kappa shape index (κ1) is 14.7. The minimum atomic E-state index is -0.921. The zero-order valence-electron chi connectivity index (χ0n) is 11.1. The number of unbranched alkanes of at least 4 members (excludes halogenated alkanes) is 1. The predicted molar refractivity (Wildman–Crippen MR) is 71.4 cm³/mol. The molecule has 0 radical (unpaired) electrons. The summed E-state index contributed by atoms with van der Waals surface area (Å²) in [5.74, 6) is -1.63. The van der Waals surface area contributed by atoms with E-state index in [0.29, 0.717) is 12.0 Å². The summed E-state index contributed by atoms with van der Waals surface area (Å²) in [6, 6.07) is 7.53. The molecule has 2 unspecified atom stereocenters. The molecule has 0 aliphatic heterocycles. The molecule has 100 valence electrons. The zero-order valence-corrected chi connectivity index (χ0v) is 11.1. The molecule has 18 heavy (non-hydrogen) atoms. The second-order valence-corrected chi connectivity index (χ2v) is 4.63. The Morgan fingerprint density at radius 2 is 1.83 bits per heavy atom. The molecule has 2 atom stereocenters. The summed E-state index contributed by atoms with van der Waals surface area (Å²) in [6.45, 7) is 4.08. The summed E-state index contributed by atoms with van der Waals surface area (Å²) in [5, 5.41) is 19.3. The van der Waals surface area contributed by atoms with Crippen LogP contribution in [-0.4, -0.2) is 16.2 Å². The minimum Gasteiger partial charge on any atom is -0.481 e. The smallest absolute Gasteiger partial charge is 0.309 e. The third-order valence-electron chi connectivity index (χ3n) is 3.30. The van der Waals surface area contributed by atoms with Crippen molar-refractivity contribution in [3.05, 3.63) is 35.4 Å². The van der Waals surface area contributed by atoms with E-state index in [2.05, 4.69) is 6.92 Å². The van der Waals surface area contributed by atoms with Crippen molar-refractivity contribution < 1.29 is 15.0 Å². The molecule has 0 saturated heterocycles. The number of hydrogen-bond donors (Lipinski definition) is 2. The van der Waals surface area contributed by atoms with Crippen LogP contribution in [0.5, 0.6) is 0 Å². The molecule has 3 nitrogen and oxygen atoms in total. The average molecular weight is 250 g/mol. The van der Waals surface area contributed by atoms with E-state index >= 15 is 0 Å². The van der Waals surface area contributed by atoms with Gasteiger partial charge in [0.25, 0.3) is 0 Å². The highest BCUT2D eigenvalue weighted by Gasteiger charge is 2.26. The SMILES string of the molecule is CCCCC(C(=O)O)C(O)c1ccc(CC)cc1. The summed E-state index contributed by atoms with van der Waals surface area (Å²) >= 11 is 0. The van der Waals surface area contributed by atoms with Crippen molar-refractivity contribution in [1.82, 2.24) is 0 Å². The Balaban J connectivity index is 2.80. The van der Waals surface area contributed by atoms with Crippen LogP contribution in [-0.2, 0) is 11.2 Å². The van der Waals surface area contributed by atoms with Crippen molar-refractivity contribution >= 4 is 5.97 Å². The van der Waals surface area contributed by atoms with Gasteiger partial charge in [-0.2, -0.15) is 0 Å². The average Bonchev–Trinajstić information content (AvgIpc) is 2.38. The van der Waals surface area contributed by atoms with Gasteiger partial charge in [-0.25, -0.2) is 0 Å². The van der Waals surface area contributed by atoms with Crippen LogP contribution in [0.1, 0.15) is 50.3 Å². The van der Waals surface area contributed by atoms with E-state index in [1.54, 1.807) is 0 Å². The van der Waals surface area contributed by atoms with Crippen LogP contribution < -0.4 is 0 Å². The number of aryl methyl sites for hydroxylation is 1. The van der Waals surface area contributed by atoms with Gasteiger partial charge in [-0.1, -0.05) is 51.0 Å². The maximum Gasteiger partial charge on any atom is 0.309 e. The van der Waals surface area contributed by atoms with E-state index in [1.807, 2.05) is 31.2 Å². The Hall–Kier alpha value is -1.35. The highest BCUT2D eigenvalue weighted by atomic mass is 16.4. The van der Waals surface area contributed by atoms with Crippen molar-refractivity contribution in [1.29, 1.82) is 0 Å². The van der Waals surface area contributed by atoms with Crippen LogP contribution in [0.25, 0.3) is 0 Å². The third kappa shape index (κ3) is 3.84. The van der Waals surface area contributed by atoms with Crippen LogP contribution in [0.4, 0.5) is 0 Å². The molecular formula is C15H22O3. The lowest BCUT2D eigenvalue weighted by Crippen LogP contribution is -2.22. The number of aliphatic carboxylic acids is 1. The van der Waals surface area contributed by atoms with Gasteiger partial charge in [0.05, 0.1) is 12.0 Å². The summed E-state index contributed by atoms with van der Waals surface area (Å²) in [7, 11) is 0. The number of rotatable bonds is 7. The quantitative estimate of drug-likeness (QED) is 0.781. The Morgan fingerprint density at radius 1 is 1.22 bits per heavy atom. The van der Waals surface area contributed by atoms with Gasteiger partial charge in [0.1, 0.15) is 0 Å². The van der Waals surface area contributed by atoms with Crippen LogP contribution in [0, 0.1) is 5.92 Å². The maximum atomic E-state index is 11.2. The maximum absolute atomic E-state index is 11.2. The van der Waals surface area contributed by atoms with Gasteiger partial charge in [-0.15, -0.1) is 0 Å². The van der Waals surface area contributed by atoms with Gasteiger partial charge in [0.15, 0.2) is 0 Å². The van der Waals surface area contributed by atoms with Gasteiger partial charge >= 0.3 is 5.97 Å². The van der Waals surface area contributed by atoms with Crippen LogP contribution in [0.2, 0.25) is 0 Å². The normalized spacial score (nSPS) is 14.2. The molecule has 0 aromatic heterocycles. The lowest BCUT2D eigenvalue weighted by atomic mass is 9.91. The summed E-state index contributed by atoms with van der Waals surface area (Å²) in [6.07, 6.45) is 2.30. The fourth-order valence-corrected chi connectivity index (χ4v) is 2.02. The van der Waals surface area contributed by atoms with Gasteiger partial charge in [0.2, 0.25) is 0 Å². The minimum absolute atomic E-state index is 0.516. The first-order chi connectivity index (χ1) is 8.60. The molecule has 0 aliphatic rings. The van der Waals surface area contributed by atoms with E-state index < -0.39 is 18.0 Å². The molecule has 0 aliphatic carbocycles. The van der Waals surface area contributed by atoms with Crippen molar-refractivity contribution in [2.75, 3.05) is 0 Å². The van der Waals surface area contributed by atoms with E-state index in [-0.39, 0.29) is 0 Å². The second-order valence-electron chi connectivity index (χ2n) is 4.63. The molecule has 2 N–H and O–H groups in total. The number of aliphatic hydroxyl groups is 1. The van der Waals surface area contributed by atoms with Gasteiger partial charge in [-0.3, -0.25) is 4.79 Å². The molecule has 0 spiro atoms. The number of hydrogen-bond acceptors (Lipinski definition) is 2. The second kappa shape index (κ2) is 7.17. The van der Waals surface area contributed by atoms with Crippen molar-refractivity contribution in [2.45, 2.75) is 45.6 Å². The molecule has 0 amide bonds. The Kier molecular flexibility index (Phi) is 5.86. The van der Waals surface area contributed by atoms with E-state index in [1.165, 1.54) is 5.56 Å². The molecule has 0 bridgehead atoms. The fourth-order valence-electron chi connectivity index (χ4n) is 2.02. The predicted octanol–water partition coefficient (Wildman–Crippen LogP) is 3.17. The standard InChI is InChI=1S/C15H22O3/c1-3-5-6-13(15(17)18)14(16)12-9-7-11(4-2)8-10-12/h7-10,13-14,16H,3-6H2,1-2H3,(H,17,18).